The molecule has 0 amide bonds. The van der Waals surface area contributed by atoms with Gasteiger partial charge in [0.2, 0.25) is 0 Å². The van der Waals surface area contributed by atoms with Gasteiger partial charge in [-0.05, 0) is 84.9 Å². The zero-order valence-corrected chi connectivity index (χ0v) is 20.5. The molecule has 0 radical (unpaired) electrons. The molecule has 0 bridgehead atoms. The van der Waals surface area contributed by atoms with Crippen LogP contribution in [-0.2, 0) is 9.53 Å². The highest BCUT2D eigenvalue weighted by molar-refractivity contribution is 5.90. The van der Waals surface area contributed by atoms with Crippen molar-refractivity contribution in [2.75, 3.05) is 6.61 Å². The molecular formula is C27H45NO3. The average molecular weight is 432 g/mol. The lowest BCUT2D eigenvalue weighted by Gasteiger charge is -2.55. The zero-order chi connectivity index (χ0) is 22.4. The van der Waals surface area contributed by atoms with Crippen molar-refractivity contribution >= 4 is 11.7 Å². The topological polar surface area (TPSA) is 58.9 Å². The van der Waals surface area contributed by atoms with Crippen molar-refractivity contribution < 1.29 is 14.7 Å². The monoisotopic (exact) mass is 431 g/mol. The van der Waals surface area contributed by atoms with Gasteiger partial charge in [-0.25, -0.2) is 0 Å². The Kier molecular flexibility index (Phi) is 6.49. The van der Waals surface area contributed by atoms with E-state index in [1.807, 2.05) is 0 Å². The molecule has 4 fully saturated rings. The van der Waals surface area contributed by atoms with Gasteiger partial charge in [-0.1, -0.05) is 59.0 Å². The van der Waals surface area contributed by atoms with E-state index in [1.165, 1.54) is 44.9 Å². The number of hydrogen-bond donors (Lipinski definition) is 1. The second kappa shape index (κ2) is 8.71. The Morgan fingerprint density at radius 3 is 2.52 bits per heavy atom. The molecular weight excluding hydrogens is 386 g/mol. The summed E-state index contributed by atoms with van der Waals surface area (Å²) in [5.41, 5.74) is 1.15. The lowest BCUT2D eigenvalue weighted by molar-refractivity contribution is -0.151. The Hall–Kier alpha value is -1.06. The maximum atomic E-state index is 13.0. The summed E-state index contributed by atoms with van der Waals surface area (Å²) in [6.07, 6.45) is 11.6. The van der Waals surface area contributed by atoms with Gasteiger partial charge < -0.3 is 9.94 Å². The van der Waals surface area contributed by atoms with E-state index in [-0.39, 0.29) is 17.3 Å². The maximum Gasteiger partial charge on any atom is 0.309 e. The molecule has 0 aromatic carbocycles. The third kappa shape index (κ3) is 3.95. The quantitative estimate of drug-likeness (QED) is 0.299. The molecule has 0 aromatic heterocycles. The van der Waals surface area contributed by atoms with E-state index in [2.05, 4.69) is 39.8 Å². The molecule has 4 rings (SSSR count). The fraction of sp³-hybridized carbons (Fsp3) is 0.926. The van der Waals surface area contributed by atoms with Gasteiger partial charge in [0, 0.05) is 6.42 Å². The first-order valence-electron chi connectivity index (χ1n) is 13.1. The second-order valence-corrected chi connectivity index (χ2v) is 12.5. The molecule has 1 N–H and O–H groups in total. The number of carbonyl (C=O) groups is 1. The number of cyclic esters (lactones) is 1. The first kappa shape index (κ1) is 23.1. The van der Waals surface area contributed by atoms with Crippen LogP contribution in [0.3, 0.4) is 0 Å². The lowest BCUT2D eigenvalue weighted by atomic mass is 9.49. The summed E-state index contributed by atoms with van der Waals surface area (Å²) in [6.45, 7) is 12.7. The zero-order valence-electron chi connectivity index (χ0n) is 20.5. The minimum absolute atomic E-state index is 0.0191. The van der Waals surface area contributed by atoms with Gasteiger partial charge in [0.15, 0.2) is 0 Å². The molecule has 1 heterocycles. The van der Waals surface area contributed by atoms with Crippen molar-refractivity contribution in [3.63, 3.8) is 0 Å². The molecule has 0 unspecified atom stereocenters. The van der Waals surface area contributed by atoms with Gasteiger partial charge in [-0.15, -0.1) is 0 Å². The van der Waals surface area contributed by atoms with E-state index in [4.69, 9.17) is 4.74 Å². The molecule has 4 nitrogen and oxygen atoms in total. The number of carbonyl (C=O) groups excluding carboxylic acids is 1. The van der Waals surface area contributed by atoms with Gasteiger partial charge >= 0.3 is 5.97 Å². The number of ether oxygens (including phenoxy) is 1. The van der Waals surface area contributed by atoms with Crippen molar-refractivity contribution in [3.05, 3.63) is 0 Å². The van der Waals surface area contributed by atoms with Crippen LogP contribution in [0.4, 0.5) is 0 Å². The molecule has 1 aliphatic heterocycles. The summed E-state index contributed by atoms with van der Waals surface area (Å²) < 4.78 is 5.96. The van der Waals surface area contributed by atoms with Crippen LogP contribution in [0, 0.1) is 52.3 Å². The van der Waals surface area contributed by atoms with Crippen LogP contribution >= 0.6 is 0 Å². The van der Waals surface area contributed by atoms with Gasteiger partial charge in [0.05, 0.1) is 18.2 Å². The van der Waals surface area contributed by atoms with Crippen molar-refractivity contribution in [2.45, 2.75) is 98.8 Å². The summed E-state index contributed by atoms with van der Waals surface area (Å²) in [7, 11) is 0. The predicted molar refractivity (Wildman–Crippen MR) is 124 cm³/mol. The number of oxime groups is 1. The van der Waals surface area contributed by atoms with Gasteiger partial charge in [-0.3, -0.25) is 4.79 Å². The molecule has 3 saturated carbocycles. The molecule has 176 valence electrons. The maximum absolute atomic E-state index is 13.0. The Balaban J connectivity index is 1.53. The minimum atomic E-state index is -0.140. The molecule has 0 aromatic rings. The lowest BCUT2D eigenvalue weighted by Crippen LogP contribution is -2.51. The number of esters is 1. The molecule has 4 heteroatoms. The molecule has 8 atom stereocenters. The summed E-state index contributed by atoms with van der Waals surface area (Å²) in [6, 6.07) is 0. The Morgan fingerprint density at radius 2 is 1.81 bits per heavy atom. The SMILES string of the molecule is CC(C)CCC[C@@H](C)[C@H]1CC[C@H]2[C@@H]3COC(=O)[C@H]4C/C(=N\O)CC[C@]4(C)[C@H]3CC[C@]12C. The summed E-state index contributed by atoms with van der Waals surface area (Å²) >= 11 is 0. The van der Waals surface area contributed by atoms with Crippen molar-refractivity contribution in [1.29, 1.82) is 0 Å². The van der Waals surface area contributed by atoms with E-state index in [9.17, 15) is 10.0 Å². The third-order valence-corrected chi connectivity index (χ3v) is 10.5. The van der Waals surface area contributed by atoms with E-state index in [0.717, 1.165) is 36.3 Å². The predicted octanol–water partition coefficient (Wildman–Crippen LogP) is 6.70. The van der Waals surface area contributed by atoms with Gasteiger partial charge in [0.1, 0.15) is 0 Å². The average Bonchev–Trinajstić information content (AvgIpc) is 3.03. The summed E-state index contributed by atoms with van der Waals surface area (Å²) in [4.78, 5) is 13.0. The molecule has 3 aliphatic carbocycles. The molecule has 0 spiro atoms. The van der Waals surface area contributed by atoms with Gasteiger partial charge in [0.25, 0.3) is 0 Å². The van der Waals surface area contributed by atoms with Crippen molar-refractivity contribution in [3.8, 4) is 0 Å². The first-order valence-corrected chi connectivity index (χ1v) is 13.1. The number of fused-ring (bicyclic) bond motifs is 5. The van der Waals surface area contributed by atoms with Crippen molar-refractivity contribution in [2.24, 2.45) is 57.4 Å². The van der Waals surface area contributed by atoms with Crippen LogP contribution < -0.4 is 0 Å². The highest BCUT2D eigenvalue weighted by atomic mass is 16.5. The van der Waals surface area contributed by atoms with E-state index in [0.29, 0.717) is 36.2 Å². The fourth-order valence-corrected chi connectivity index (χ4v) is 8.69. The van der Waals surface area contributed by atoms with Crippen LogP contribution in [-0.4, -0.2) is 23.5 Å². The van der Waals surface area contributed by atoms with E-state index < -0.39 is 0 Å². The second-order valence-electron chi connectivity index (χ2n) is 12.5. The van der Waals surface area contributed by atoms with Crippen LogP contribution in [0.25, 0.3) is 0 Å². The largest absolute Gasteiger partial charge is 0.465 e. The van der Waals surface area contributed by atoms with E-state index >= 15 is 0 Å². The third-order valence-electron chi connectivity index (χ3n) is 10.5. The number of rotatable bonds is 5. The minimum Gasteiger partial charge on any atom is -0.465 e. The standard InChI is InChI=1S/C27H45NO3/c1-17(2)7-6-8-18(3)21-9-10-22-20-16-31-25(29)24-15-19(28-30)11-13-27(24,5)23(20)12-14-26(21,22)4/h17-18,20-24,30H,6-16H2,1-5H3/b28-19-/t18-,20+,21-,22+,23+,24-,26-,27-/m1/s1. The van der Waals surface area contributed by atoms with E-state index in [1.54, 1.807) is 0 Å². The van der Waals surface area contributed by atoms with Crippen LogP contribution in [0.15, 0.2) is 5.16 Å². The Bertz CT molecular complexity index is 703. The van der Waals surface area contributed by atoms with Crippen molar-refractivity contribution in [1.82, 2.24) is 0 Å². The summed E-state index contributed by atoms with van der Waals surface area (Å²) in [5.74, 6) is 3.95. The molecule has 1 saturated heterocycles. The Morgan fingerprint density at radius 1 is 1.06 bits per heavy atom. The Labute approximate surface area is 189 Å². The van der Waals surface area contributed by atoms with Crippen LogP contribution in [0.2, 0.25) is 0 Å². The molecule has 31 heavy (non-hydrogen) atoms. The summed E-state index contributed by atoms with van der Waals surface area (Å²) in [5, 5.41) is 12.8. The fourth-order valence-electron chi connectivity index (χ4n) is 8.69. The van der Waals surface area contributed by atoms with Crippen LogP contribution in [0.1, 0.15) is 98.8 Å². The normalized spacial score (nSPS) is 44.9. The first-order chi connectivity index (χ1) is 14.7. The highest BCUT2D eigenvalue weighted by Crippen LogP contribution is 2.66. The van der Waals surface area contributed by atoms with Crippen LogP contribution in [0.5, 0.6) is 0 Å². The number of hydrogen-bond acceptors (Lipinski definition) is 4. The van der Waals surface area contributed by atoms with Gasteiger partial charge in [-0.2, -0.15) is 0 Å². The smallest absolute Gasteiger partial charge is 0.309 e. The highest BCUT2D eigenvalue weighted by Gasteiger charge is 2.61. The number of nitrogens with zero attached hydrogens (tertiary/aromatic N) is 1. The molecule has 4 aliphatic rings.